The van der Waals surface area contributed by atoms with Crippen LogP contribution in [-0.4, -0.2) is 38.5 Å². The van der Waals surface area contributed by atoms with Crippen LogP contribution in [0, 0.1) is 5.92 Å². The zero-order valence-electron chi connectivity index (χ0n) is 10.1. The number of rotatable bonds is 7. The Morgan fingerprint density at radius 1 is 1.38 bits per heavy atom. The molecule has 0 bridgehead atoms. The molecule has 2 N–H and O–H groups in total. The maximum absolute atomic E-state index is 11.6. The van der Waals surface area contributed by atoms with Gasteiger partial charge in [0.05, 0.1) is 12.4 Å². The molecule has 0 aliphatic rings. The third-order valence-corrected chi connectivity index (χ3v) is 4.03. The lowest BCUT2D eigenvalue weighted by Crippen LogP contribution is -2.37. The van der Waals surface area contributed by atoms with Gasteiger partial charge in [-0.1, -0.05) is 20.3 Å². The molecule has 0 saturated heterocycles. The van der Waals surface area contributed by atoms with Crippen molar-refractivity contribution in [3.63, 3.8) is 0 Å². The van der Waals surface area contributed by atoms with Gasteiger partial charge in [0.25, 0.3) is 0 Å². The summed E-state index contributed by atoms with van der Waals surface area (Å²) in [5.74, 6) is -1.33. The third-order valence-electron chi connectivity index (χ3n) is 2.46. The van der Waals surface area contributed by atoms with Crippen molar-refractivity contribution in [2.45, 2.75) is 33.2 Å². The second kappa shape index (κ2) is 6.85. The number of esters is 1. The van der Waals surface area contributed by atoms with Crippen LogP contribution in [0.1, 0.15) is 27.2 Å². The van der Waals surface area contributed by atoms with Crippen molar-refractivity contribution in [1.82, 2.24) is 0 Å². The van der Waals surface area contributed by atoms with Crippen LogP contribution in [0.2, 0.25) is 0 Å². The van der Waals surface area contributed by atoms with E-state index in [9.17, 15) is 13.2 Å². The molecule has 0 amide bonds. The molecule has 0 aromatic carbocycles. The van der Waals surface area contributed by atoms with Gasteiger partial charge in [0.1, 0.15) is 5.75 Å². The summed E-state index contributed by atoms with van der Waals surface area (Å²) in [4.78, 5) is 11.0. The summed E-state index contributed by atoms with van der Waals surface area (Å²) in [5, 5.41) is 0. The normalized spacial score (nSPS) is 15.5. The molecule has 0 saturated carbocycles. The second-order valence-corrected chi connectivity index (χ2v) is 6.02. The smallest absolute Gasteiger partial charge is 0.321 e. The first-order valence-electron chi connectivity index (χ1n) is 5.44. The summed E-state index contributed by atoms with van der Waals surface area (Å²) >= 11 is 0. The lowest BCUT2D eigenvalue weighted by Gasteiger charge is -2.17. The van der Waals surface area contributed by atoms with Gasteiger partial charge >= 0.3 is 5.97 Å². The van der Waals surface area contributed by atoms with Crippen LogP contribution in [0.3, 0.4) is 0 Å². The predicted octanol–water partition coefficient (Wildman–Crippen LogP) is 0.338. The van der Waals surface area contributed by atoms with Gasteiger partial charge < -0.3 is 10.5 Å². The molecule has 96 valence electrons. The summed E-state index contributed by atoms with van der Waals surface area (Å²) < 4.78 is 27.7. The number of carbonyl (C=O) groups is 1. The Hall–Kier alpha value is -0.620. The average Bonchev–Trinajstić information content (AvgIpc) is 2.14. The number of hydrogen-bond donors (Lipinski definition) is 1. The maximum Gasteiger partial charge on any atom is 0.321 e. The van der Waals surface area contributed by atoms with Crippen LogP contribution in [0.4, 0.5) is 0 Å². The van der Waals surface area contributed by atoms with Gasteiger partial charge in [-0.25, -0.2) is 8.42 Å². The highest BCUT2D eigenvalue weighted by molar-refractivity contribution is 7.92. The Bertz CT molecular complexity index is 313. The van der Waals surface area contributed by atoms with Crippen molar-refractivity contribution in [3.8, 4) is 0 Å². The van der Waals surface area contributed by atoms with Crippen molar-refractivity contribution in [2.24, 2.45) is 11.7 Å². The number of ether oxygens (including phenoxy) is 1. The van der Waals surface area contributed by atoms with Crippen molar-refractivity contribution in [1.29, 1.82) is 0 Å². The van der Waals surface area contributed by atoms with Crippen molar-refractivity contribution in [2.75, 3.05) is 18.1 Å². The minimum absolute atomic E-state index is 0.122. The van der Waals surface area contributed by atoms with Crippen LogP contribution >= 0.6 is 0 Å². The fourth-order valence-corrected chi connectivity index (χ4v) is 2.68. The van der Waals surface area contributed by atoms with E-state index in [4.69, 9.17) is 5.73 Å². The van der Waals surface area contributed by atoms with E-state index in [1.54, 1.807) is 6.92 Å². The molecular weight excluding hydrogens is 230 g/mol. The number of hydrogen-bond acceptors (Lipinski definition) is 5. The highest BCUT2D eigenvalue weighted by atomic mass is 32.2. The standard InChI is InChI=1S/C10H21NO4S/c1-4-8(3)9(11)6-16(13,14)7-10(12)15-5-2/h8-9H,4-7,11H2,1-3H3. The lowest BCUT2D eigenvalue weighted by molar-refractivity contribution is -0.139. The largest absolute Gasteiger partial charge is 0.465 e. The fraction of sp³-hybridized carbons (Fsp3) is 0.900. The summed E-state index contributed by atoms with van der Waals surface area (Å²) in [5.41, 5.74) is 5.73. The Labute approximate surface area is 97.3 Å². The molecule has 0 rings (SSSR count). The van der Waals surface area contributed by atoms with Crippen molar-refractivity contribution in [3.05, 3.63) is 0 Å². The van der Waals surface area contributed by atoms with Gasteiger partial charge in [-0.3, -0.25) is 4.79 Å². The number of sulfone groups is 1. The SMILES string of the molecule is CCOC(=O)CS(=O)(=O)CC(N)C(C)CC. The van der Waals surface area contributed by atoms with E-state index in [1.165, 1.54) is 0 Å². The highest BCUT2D eigenvalue weighted by Gasteiger charge is 2.23. The first-order chi connectivity index (χ1) is 7.32. The van der Waals surface area contributed by atoms with E-state index >= 15 is 0 Å². The molecular formula is C10H21NO4S. The first-order valence-corrected chi connectivity index (χ1v) is 7.26. The maximum atomic E-state index is 11.6. The van der Waals surface area contributed by atoms with Crippen LogP contribution in [0.5, 0.6) is 0 Å². The Kier molecular flexibility index (Phi) is 6.59. The molecule has 0 aromatic heterocycles. The van der Waals surface area contributed by atoms with E-state index in [0.717, 1.165) is 6.42 Å². The second-order valence-electron chi connectivity index (χ2n) is 3.91. The molecule has 2 unspecified atom stereocenters. The average molecular weight is 251 g/mol. The molecule has 0 aliphatic heterocycles. The van der Waals surface area contributed by atoms with E-state index in [0.29, 0.717) is 0 Å². The van der Waals surface area contributed by atoms with Crippen LogP contribution in [0.15, 0.2) is 0 Å². The molecule has 5 nitrogen and oxygen atoms in total. The molecule has 2 atom stereocenters. The Morgan fingerprint density at radius 3 is 2.38 bits per heavy atom. The molecule has 0 spiro atoms. The van der Waals surface area contributed by atoms with E-state index in [-0.39, 0.29) is 18.3 Å². The Morgan fingerprint density at radius 2 is 1.94 bits per heavy atom. The molecule has 0 radical (unpaired) electrons. The van der Waals surface area contributed by atoms with Gasteiger partial charge in [0.15, 0.2) is 9.84 Å². The molecule has 16 heavy (non-hydrogen) atoms. The lowest BCUT2D eigenvalue weighted by atomic mass is 10.0. The summed E-state index contributed by atoms with van der Waals surface area (Å²) in [7, 11) is -3.46. The van der Waals surface area contributed by atoms with Crippen molar-refractivity contribution >= 4 is 15.8 Å². The van der Waals surface area contributed by atoms with E-state index in [1.807, 2.05) is 13.8 Å². The Balaban J connectivity index is 4.30. The minimum Gasteiger partial charge on any atom is -0.465 e. The zero-order valence-corrected chi connectivity index (χ0v) is 10.9. The number of carbonyl (C=O) groups excluding carboxylic acids is 1. The molecule has 0 aromatic rings. The van der Waals surface area contributed by atoms with Gasteiger partial charge in [0.2, 0.25) is 0 Å². The number of nitrogens with two attached hydrogens (primary N) is 1. The van der Waals surface area contributed by atoms with E-state index in [2.05, 4.69) is 4.74 Å². The molecule has 6 heteroatoms. The zero-order chi connectivity index (χ0) is 12.8. The first kappa shape index (κ1) is 15.4. The molecule has 0 fully saturated rings. The highest BCUT2D eigenvalue weighted by Crippen LogP contribution is 2.08. The van der Waals surface area contributed by atoms with E-state index < -0.39 is 27.6 Å². The third kappa shape index (κ3) is 6.07. The molecule has 0 aliphatic carbocycles. The molecule has 0 heterocycles. The van der Waals surface area contributed by atoms with Gasteiger partial charge in [-0.05, 0) is 12.8 Å². The summed E-state index contributed by atoms with van der Waals surface area (Å²) in [6.07, 6.45) is 0.816. The topological polar surface area (TPSA) is 86.5 Å². The van der Waals surface area contributed by atoms with Crippen molar-refractivity contribution < 1.29 is 17.9 Å². The quantitative estimate of drug-likeness (QED) is 0.659. The van der Waals surface area contributed by atoms with Crippen LogP contribution in [-0.2, 0) is 19.4 Å². The predicted molar refractivity (Wildman–Crippen MR) is 62.7 cm³/mol. The summed E-state index contributed by atoms with van der Waals surface area (Å²) in [6.45, 7) is 5.66. The van der Waals surface area contributed by atoms with Gasteiger partial charge in [-0.15, -0.1) is 0 Å². The van der Waals surface area contributed by atoms with Crippen LogP contribution in [0.25, 0.3) is 0 Å². The minimum atomic E-state index is -3.46. The fourth-order valence-electron chi connectivity index (χ4n) is 1.20. The monoisotopic (exact) mass is 251 g/mol. The van der Waals surface area contributed by atoms with Gasteiger partial charge in [-0.2, -0.15) is 0 Å². The summed E-state index contributed by atoms with van der Waals surface area (Å²) in [6, 6.07) is -0.426. The van der Waals surface area contributed by atoms with Crippen LogP contribution < -0.4 is 5.73 Å². The van der Waals surface area contributed by atoms with Gasteiger partial charge in [0, 0.05) is 6.04 Å².